The number of benzene rings is 1. The van der Waals surface area contributed by atoms with Crippen molar-refractivity contribution in [3.05, 3.63) is 29.8 Å². The molecule has 1 aromatic rings. The fraction of sp³-hybridized carbons (Fsp3) is 0.467. The first-order valence-electron chi connectivity index (χ1n) is 7.09. The van der Waals surface area contributed by atoms with Gasteiger partial charge in [0.2, 0.25) is 0 Å². The lowest BCUT2D eigenvalue weighted by Crippen LogP contribution is -2.47. The Morgan fingerprint density at radius 1 is 1.35 bits per heavy atom. The Kier molecular flexibility index (Phi) is 10.2. The molecule has 0 radical (unpaired) electrons. The molecule has 0 saturated heterocycles. The number of carboxylic acid groups (broad SMARTS) is 1. The second-order valence-electron chi connectivity index (χ2n) is 4.88. The molecule has 2 amide bonds. The average Bonchev–Trinajstić information content (AvgIpc) is 2.50. The molecule has 1 aromatic carbocycles. The molecule has 1 rings (SSSR count). The zero-order valence-corrected chi connectivity index (χ0v) is 15.0. The molecule has 0 spiro atoms. The van der Waals surface area contributed by atoms with E-state index in [0.29, 0.717) is 31.0 Å². The van der Waals surface area contributed by atoms with E-state index in [1.54, 1.807) is 28.8 Å². The maximum atomic E-state index is 12.2. The predicted octanol–water partition coefficient (Wildman–Crippen LogP) is 2.43. The van der Waals surface area contributed by atoms with Crippen LogP contribution in [0.4, 0.5) is 10.5 Å². The third-order valence-corrected chi connectivity index (χ3v) is 3.87. The van der Waals surface area contributed by atoms with Crippen LogP contribution in [0.5, 0.6) is 0 Å². The molecule has 0 aliphatic carbocycles. The van der Waals surface area contributed by atoms with Crippen LogP contribution in [-0.2, 0) is 11.3 Å². The molecule has 6 nitrogen and oxygen atoms in total. The number of nitrogens with zero attached hydrogens (tertiary/aromatic N) is 1. The number of rotatable bonds is 8. The normalized spacial score (nSPS) is 11.2. The number of nitrogens with two attached hydrogens (primary N) is 1. The van der Waals surface area contributed by atoms with Crippen LogP contribution in [0.2, 0.25) is 0 Å². The molecule has 0 heterocycles. The number of nitrogens with one attached hydrogen (secondary N) is 1. The minimum absolute atomic E-state index is 0. The number of amides is 2. The Morgan fingerprint density at radius 2 is 1.96 bits per heavy atom. The first-order chi connectivity index (χ1) is 10.5. The highest BCUT2D eigenvalue weighted by Gasteiger charge is 2.22. The van der Waals surface area contributed by atoms with E-state index in [4.69, 9.17) is 10.8 Å². The lowest BCUT2D eigenvalue weighted by Gasteiger charge is -2.24. The van der Waals surface area contributed by atoms with E-state index in [0.717, 1.165) is 5.56 Å². The number of thioether (sulfide) groups is 1. The molecule has 130 valence electrons. The lowest BCUT2D eigenvalue weighted by atomic mass is 10.2. The largest absolute Gasteiger partial charge is 0.480 e. The van der Waals surface area contributed by atoms with E-state index in [-0.39, 0.29) is 18.4 Å². The fourth-order valence-electron chi connectivity index (χ4n) is 1.90. The summed E-state index contributed by atoms with van der Waals surface area (Å²) < 4.78 is 0. The van der Waals surface area contributed by atoms with Crippen LogP contribution >= 0.6 is 24.2 Å². The number of carbonyl (C=O) groups excluding carboxylic acids is 1. The monoisotopic (exact) mass is 361 g/mol. The van der Waals surface area contributed by atoms with Crippen molar-refractivity contribution in [2.45, 2.75) is 25.9 Å². The SMILES string of the molecule is CCN(Cc1ccc(N)cc1)C(=O)NC(CCSC)C(=O)O.Cl. The van der Waals surface area contributed by atoms with Crippen molar-refractivity contribution in [1.82, 2.24) is 10.2 Å². The summed E-state index contributed by atoms with van der Waals surface area (Å²) >= 11 is 1.55. The van der Waals surface area contributed by atoms with Crippen molar-refractivity contribution in [2.24, 2.45) is 0 Å². The highest BCUT2D eigenvalue weighted by Crippen LogP contribution is 2.09. The van der Waals surface area contributed by atoms with E-state index in [1.165, 1.54) is 0 Å². The summed E-state index contributed by atoms with van der Waals surface area (Å²) in [5, 5.41) is 11.8. The number of urea groups is 1. The van der Waals surface area contributed by atoms with Gasteiger partial charge in [-0.3, -0.25) is 0 Å². The van der Waals surface area contributed by atoms with Crippen LogP contribution in [0.3, 0.4) is 0 Å². The topological polar surface area (TPSA) is 95.7 Å². The molecule has 0 aliphatic rings. The van der Waals surface area contributed by atoms with Gasteiger partial charge in [0.05, 0.1) is 0 Å². The molecule has 0 aromatic heterocycles. The predicted molar refractivity (Wildman–Crippen MR) is 97.1 cm³/mol. The van der Waals surface area contributed by atoms with Crippen molar-refractivity contribution >= 4 is 41.9 Å². The molecule has 0 aliphatic heterocycles. The smallest absolute Gasteiger partial charge is 0.326 e. The number of anilines is 1. The van der Waals surface area contributed by atoms with Gasteiger partial charge in [-0.2, -0.15) is 11.8 Å². The van der Waals surface area contributed by atoms with E-state index in [1.807, 2.05) is 25.3 Å². The molecular formula is C15H24ClN3O3S. The van der Waals surface area contributed by atoms with Gasteiger partial charge in [0.25, 0.3) is 0 Å². The van der Waals surface area contributed by atoms with Crippen LogP contribution in [0.1, 0.15) is 18.9 Å². The molecule has 0 bridgehead atoms. The molecule has 1 unspecified atom stereocenters. The van der Waals surface area contributed by atoms with Gasteiger partial charge >= 0.3 is 12.0 Å². The first kappa shape index (κ1) is 21.4. The van der Waals surface area contributed by atoms with Crippen molar-refractivity contribution < 1.29 is 14.7 Å². The summed E-state index contributed by atoms with van der Waals surface area (Å²) in [5.41, 5.74) is 7.25. The Balaban J connectivity index is 0.00000484. The summed E-state index contributed by atoms with van der Waals surface area (Å²) in [6.07, 6.45) is 2.31. The van der Waals surface area contributed by atoms with Gasteiger partial charge in [0.1, 0.15) is 6.04 Å². The van der Waals surface area contributed by atoms with Crippen molar-refractivity contribution in [1.29, 1.82) is 0 Å². The summed E-state index contributed by atoms with van der Waals surface area (Å²) in [6.45, 7) is 2.76. The number of carboxylic acids is 1. The Bertz CT molecular complexity index is 499. The van der Waals surface area contributed by atoms with Crippen molar-refractivity contribution in [2.75, 3.05) is 24.3 Å². The maximum absolute atomic E-state index is 12.2. The summed E-state index contributed by atoms with van der Waals surface area (Å²) in [6, 6.07) is 6.04. The van der Waals surface area contributed by atoms with E-state index in [2.05, 4.69) is 5.32 Å². The number of halogens is 1. The quantitative estimate of drug-likeness (QED) is 0.618. The van der Waals surface area contributed by atoms with Gasteiger partial charge in [0.15, 0.2) is 0 Å². The van der Waals surface area contributed by atoms with Gasteiger partial charge in [-0.05, 0) is 43.0 Å². The zero-order valence-electron chi connectivity index (χ0n) is 13.3. The minimum atomic E-state index is -1.01. The van der Waals surface area contributed by atoms with Crippen molar-refractivity contribution in [3.8, 4) is 0 Å². The average molecular weight is 362 g/mol. The second kappa shape index (κ2) is 11.0. The number of hydrogen-bond donors (Lipinski definition) is 3. The van der Waals surface area contributed by atoms with E-state index in [9.17, 15) is 9.59 Å². The summed E-state index contributed by atoms with van der Waals surface area (Å²) in [4.78, 5) is 25.0. The molecular weight excluding hydrogens is 338 g/mol. The minimum Gasteiger partial charge on any atom is -0.480 e. The molecule has 4 N–H and O–H groups in total. The summed E-state index contributed by atoms with van der Waals surface area (Å²) in [7, 11) is 0. The van der Waals surface area contributed by atoms with Crippen LogP contribution in [0, 0.1) is 0 Å². The van der Waals surface area contributed by atoms with Crippen LogP contribution < -0.4 is 11.1 Å². The van der Waals surface area contributed by atoms with Crippen LogP contribution in [0.15, 0.2) is 24.3 Å². The highest BCUT2D eigenvalue weighted by atomic mass is 35.5. The molecule has 1 atom stereocenters. The first-order valence-corrected chi connectivity index (χ1v) is 8.48. The second-order valence-corrected chi connectivity index (χ2v) is 5.86. The number of aliphatic carboxylic acids is 1. The fourth-order valence-corrected chi connectivity index (χ4v) is 2.38. The summed E-state index contributed by atoms with van der Waals surface area (Å²) in [5.74, 6) is -0.327. The third kappa shape index (κ3) is 7.47. The van der Waals surface area contributed by atoms with Crippen LogP contribution in [0.25, 0.3) is 0 Å². The molecule has 0 fully saturated rings. The van der Waals surface area contributed by atoms with Gasteiger partial charge < -0.3 is 21.1 Å². The van der Waals surface area contributed by atoms with Crippen LogP contribution in [-0.4, -0.2) is 46.6 Å². The van der Waals surface area contributed by atoms with Gasteiger partial charge in [-0.25, -0.2) is 9.59 Å². The Labute approximate surface area is 147 Å². The highest BCUT2D eigenvalue weighted by molar-refractivity contribution is 7.98. The van der Waals surface area contributed by atoms with Gasteiger partial charge in [0, 0.05) is 18.8 Å². The zero-order chi connectivity index (χ0) is 16.5. The molecule has 0 saturated carbocycles. The number of carbonyl (C=O) groups is 2. The molecule has 23 heavy (non-hydrogen) atoms. The molecule has 8 heteroatoms. The maximum Gasteiger partial charge on any atom is 0.326 e. The van der Waals surface area contributed by atoms with Gasteiger partial charge in [-0.1, -0.05) is 12.1 Å². The number of nitrogen functional groups attached to an aromatic ring is 1. The van der Waals surface area contributed by atoms with E-state index < -0.39 is 12.0 Å². The Morgan fingerprint density at radius 3 is 2.43 bits per heavy atom. The third-order valence-electron chi connectivity index (χ3n) is 3.23. The van der Waals surface area contributed by atoms with Gasteiger partial charge in [-0.15, -0.1) is 12.4 Å². The van der Waals surface area contributed by atoms with Crippen molar-refractivity contribution in [3.63, 3.8) is 0 Å². The van der Waals surface area contributed by atoms with E-state index >= 15 is 0 Å². The lowest BCUT2D eigenvalue weighted by molar-refractivity contribution is -0.139. The number of hydrogen-bond acceptors (Lipinski definition) is 4. The Hall–Kier alpha value is -1.60. The standard InChI is InChI=1S/C15H23N3O3S.ClH/c1-3-18(10-11-4-6-12(16)7-5-11)15(21)17-13(14(19)20)8-9-22-2;/h4-7,13H,3,8-10,16H2,1-2H3,(H,17,21)(H,19,20);1H.